The number of aromatic carboxylic acids is 1. The summed E-state index contributed by atoms with van der Waals surface area (Å²) in [5, 5.41) is 13.2. The number of aliphatic imine (C=N–C) groups is 1. The highest BCUT2D eigenvalue weighted by atomic mass is 35.5. The summed E-state index contributed by atoms with van der Waals surface area (Å²) in [4.78, 5) is 35.8. The minimum atomic E-state index is -1.02. The Bertz CT molecular complexity index is 1290. The summed E-state index contributed by atoms with van der Waals surface area (Å²) < 4.78 is 0. The molecule has 3 aromatic rings. The molecule has 0 radical (unpaired) electrons. The lowest BCUT2D eigenvalue weighted by Gasteiger charge is -2.28. The summed E-state index contributed by atoms with van der Waals surface area (Å²) in [7, 11) is 0. The molecule has 33 heavy (non-hydrogen) atoms. The zero-order chi connectivity index (χ0) is 22.9. The zero-order valence-corrected chi connectivity index (χ0v) is 18.2. The number of anilines is 1. The van der Waals surface area contributed by atoms with Crippen LogP contribution in [0.1, 0.15) is 27.5 Å². The van der Waals surface area contributed by atoms with Gasteiger partial charge in [0.15, 0.2) is 0 Å². The van der Waals surface area contributed by atoms with Crippen molar-refractivity contribution >= 4 is 34.9 Å². The molecule has 0 unspecified atom stereocenters. The van der Waals surface area contributed by atoms with Crippen LogP contribution in [-0.2, 0) is 4.79 Å². The van der Waals surface area contributed by atoms with Crippen molar-refractivity contribution in [3.8, 4) is 0 Å². The molecule has 5 rings (SSSR count). The fraction of sp³-hybridized carbons (Fsp3) is 0.120. The number of halogens is 1. The van der Waals surface area contributed by atoms with Gasteiger partial charge in [-0.25, -0.2) is 4.79 Å². The highest BCUT2D eigenvalue weighted by molar-refractivity contribution is 6.31. The van der Waals surface area contributed by atoms with Crippen LogP contribution in [0.4, 0.5) is 5.69 Å². The van der Waals surface area contributed by atoms with Gasteiger partial charge in [0.1, 0.15) is 5.70 Å². The molecule has 0 fully saturated rings. The first-order chi connectivity index (χ1) is 16.0. The molecule has 2 aromatic carbocycles. The van der Waals surface area contributed by atoms with Crippen molar-refractivity contribution in [2.45, 2.75) is 6.04 Å². The quantitative estimate of drug-likeness (QED) is 0.619. The average molecular weight is 459 g/mol. The van der Waals surface area contributed by atoms with Crippen LogP contribution >= 0.6 is 11.6 Å². The molecule has 3 heterocycles. The fourth-order valence-electron chi connectivity index (χ4n) is 4.21. The number of carbonyl (C=O) groups is 2. The summed E-state index contributed by atoms with van der Waals surface area (Å²) in [6.07, 6.45) is 3.41. The Hall–Kier alpha value is -3.97. The molecule has 2 N–H and O–H groups in total. The first-order valence-electron chi connectivity index (χ1n) is 10.4. The van der Waals surface area contributed by atoms with Gasteiger partial charge in [-0.3, -0.25) is 19.7 Å². The Morgan fingerprint density at radius 3 is 2.52 bits per heavy atom. The lowest BCUT2D eigenvalue weighted by atomic mass is 9.92. The van der Waals surface area contributed by atoms with E-state index >= 15 is 0 Å². The van der Waals surface area contributed by atoms with Crippen LogP contribution in [0.2, 0.25) is 5.02 Å². The van der Waals surface area contributed by atoms with E-state index in [9.17, 15) is 14.7 Å². The lowest BCUT2D eigenvalue weighted by molar-refractivity contribution is -0.115. The van der Waals surface area contributed by atoms with Gasteiger partial charge in [0.25, 0.3) is 5.91 Å². The summed E-state index contributed by atoms with van der Waals surface area (Å²) in [6, 6.07) is 16.9. The molecule has 1 atom stereocenters. The van der Waals surface area contributed by atoms with E-state index in [1.807, 2.05) is 24.3 Å². The Morgan fingerprint density at radius 2 is 1.85 bits per heavy atom. The topological polar surface area (TPSA) is 94.9 Å². The van der Waals surface area contributed by atoms with Gasteiger partial charge in [-0.1, -0.05) is 29.8 Å². The normalized spacial score (nSPS) is 17.8. The molecule has 2 aliphatic rings. The number of rotatable bonds is 4. The average Bonchev–Trinajstić information content (AvgIpc) is 2.97. The molecule has 2 aliphatic heterocycles. The van der Waals surface area contributed by atoms with E-state index in [1.54, 1.807) is 41.6 Å². The number of amides is 1. The molecule has 7 nitrogen and oxygen atoms in total. The smallest absolute Gasteiger partial charge is 0.335 e. The van der Waals surface area contributed by atoms with Crippen molar-refractivity contribution < 1.29 is 14.7 Å². The van der Waals surface area contributed by atoms with Gasteiger partial charge >= 0.3 is 5.97 Å². The second kappa shape index (κ2) is 8.52. The van der Waals surface area contributed by atoms with Crippen molar-refractivity contribution in [3.05, 3.63) is 106 Å². The number of hydrogen-bond donors (Lipinski definition) is 2. The van der Waals surface area contributed by atoms with E-state index in [0.29, 0.717) is 29.5 Å². The SMILES string of the molecule is O=C(O)c1ccc(N2C(=O)C3=C(C(c4ccc(Cl)cc4)=NCCN3)[C@H]2c2cccnc2)cc1. The van der Waals surface area contributed by atoms with Crippen molar-refractivity contribution in [3.63, 3.8) is 0 Å². The van der Waals surface area contributed by atoms with Crippen molar-refractivity contribution in [2.75, 3.05) is 18.0 Å². The maximum absolute atomic E-state index is 13.7. The molecule has 0 spiro atoms. The molecule has 0 saturated carbocycles. The van der Waals surface area contributed by atoms with Gasteiger partial charge in [-0.15, -0.1) is 0 Å². The number of nitrogens with zero attached hydrogens (tertiary/aromatic N) is 3. The van der Waals surface area contributed by atoms with Crippen molar-refractivity contribution in [2.24, 2.45) is 4.99 Å². The van der Waals surface area contributed by atoms with Crippen LogP contribution in [0.25, 0.3) is 0 Å². The third-order valence-electron chi connectivity index (χ3n) is 5.68. The second-order valence-electron chi connectivity index (χ2n) is 7.67. The van der Waals surface area contributed by atoms with Crippen molar-refractivity contribution in [1.29, 1.82) is 0 Å². The summed E-state index contributed by atoms with van der Waals surface area (Å²) in [5.41, 5.74) is 4.39. The van der Waals surface area contributed by atoms with Crippen LogP contribution in [-0.4, -0.2) is 40.8 Å². The van der Waals surface area contributed by atoms with E-state index in [1.165, 1.54) is 12.1 Å². The number of aromatic nitrogens is 1. The Balaban J connectivity index is 1.68. The van der Waals surface area contributed by atoms with Crippen molar-refractivity contribution in [1.82, 2.24) is 10.3 Å². The maximum Gasteiger partial charge on any atom is 0.335 e. The van der Waals surface area contributed by atoms with Crippen LogP contribution in [0.3, 0.4) is 0 Å². The second-order valence-corrected chi connectivity index (χ2v) is 8.11. The van der Waals surface area contributed by atoms with Crippen LogP contribution in [0.15, 0.2) is 89.3 Å². The first-order valence-corrected chi connectivity index (χ1v) is 10.8. The number of nitrogens with one attached hydrogen (secondary N) is 1. The zero-order valence-electron chi connectivity index (χ0n) is 17.4. The number of carboxylic acid groups (broad SMARTS) is 1. The first kappa shape index (κ1) is 20.9. The predicted molar refractivity (Wildman–Crippen MR) is 126 cm³/mol. The van der Waals surface area contributed by atoms with Gasteiger partial charge in [0, 0.05) is 40.8 Å². The molecule has 164 valence electrons. The minimum absolute atomic E-state index is 0.152. The molecule has 1 aromatic heterocycles. The molecular weight excluding hydrogens is 440 g/mol. The number of pyridine rings is 1. The molecule has 8 heteroatoms. The van der Waals surface area contributed by atoms with Gasteiger partial charge in [-0.05, 0) is 48.0 Å². The van der Waals surface area contributed by atoms with Crippen LogP contribution in [0, 0.1) is 0 Å². The number of carbonyl (C=O) groups excluding carboxylic acids is 1. The van der Waals surface area contributed by atoms with E-state index in [4.69, 9.17) is 16.6 Å². The summed E-state index contributed by atoms with van der Waals surface area (Å²) in [5.74, 6) is -1.23. The van der Waals surface area contributed by atoms with Gasteiger partial charge in [-0.2, -0.15) is 0 Å². The maximum atomic E-state index is 13.7. The third kappa shape index (κ3) is 3.76. The van der Waals surface area contributed by atoms with E-state index in [-0.39, 0.29) is 11.5 Å². The molecule has 1 amide bonds. The third-order valence-corrected chi connectivity index (χ3v) is 5.93. The summed E-state index contributed by atoms with van der Waals surface area (Å²) >= 11 is 6.10. The highest BCUT2D eigenvalue weighted by Gasteiger charge is 2.44. The summed E-state index contributed by atoms with van der Waals surface area (Å²) in [6.45, 7) is 1.04. The fourth-order valence-corrected chi connectivity index (χ4v) is 4.34. The van der Waals surface area contributed by atoms with E-state index < -0.39 is 12.0 Å². The molecule has 0 saturated heterocycles. The Kier molecular flexibility index (Phi) is 5.40. The van der Waals surface area contributed by atoms with Crippen LogP contribution < -0.4 is 10.2 Å². The van der Waals surface area contributed by atoms with E-state index in [0.717, 1.165) is 22.4 Å². The highest BCUT2D eigenvalue weighted by Crippen LogP contribution is 2.42. The van der Waals surface area contributed by atoms with Gasteiger partial charge in [0.05, 0.1) is 23.9 Å². The number of benzene rings is 2. The van der Waals surface area contributed by atoms with Gasteiger partial charge in [0.2, 0.25) is 0 Å². The van der Waals surface area contributed by atoms with Gasteiger partial charge < -0.3 is 10.4 Å². The molecular formula is C25H19ClN4O3. The molecule has 0 bridgehead atoms. The standard InChI is InChI=1S/C25H19ClN4O3/c26-18-7-3-15(4-8-18)21-20-22(29-13-12-28-21)24(31)30(23(20)17-2-1-11-27-14-17)19-9-5-16(6-10-19)25(32)33/h1-11,14,23,29H,12-13H2,(H,32,33)/t23-/m1/s1. The Morgan fingerprint density at radius 1 is 1.09 bits per heavy atom. The number of hydrogen-bond acceptors (Lipinski definition) is 5. The molecule has 0 aliphatic carbocycles. The van der Waals surface area contributed by atoms with Crippen LogP contribution in [0.5, 0.6) is 0 Å². The predicted octanol–water partition coefficient (Wildman–Crippen LogP) is 3.87. The largest absolute Gasteiger partial charge is 0.478 e. The lowest BCUT2D eigenvalue weighted by Crippen LogP contribution is -2.33. The monoisotopic (exact) mass is 458 g/mol. The Labute approximate surface area is 195 Å². The van der Waals surface area contributed by atoms with E-state index in [2.05, 4.69) is 10.3 Å². The number of carboxylic acids is 1. The minimum Gasteiger partial charge on any atom is -0.478 e.